The molecule has 0 bridgehead atoms. The van der Waals surface area contributed by atoms with Crippen molar-refractivity contribution in [3.05, 3.63) is 29.6 Å². The first-order chi connectivity index (χ1) is 9.10. The van der Waals surface area contributed by atoms with Crippen molar-refractivity contribution in [2.24, 2.45) is 5.92 Å². The number of anilines is 1. The van der Waals surface area contributed by atoms with E-state index < -0.39 is 0 Å². The van der Waals surface area contributed by atoms with Crippen molar-refractivity contribution >= 4 is 11.6 Å². The Morgan fingerprint density at radius 1 is 1.53 bits per heavy atom. The molecule has 1 aliphatic rings. The van der Waals surface area contributed by atoms with E-state index in [1.807, 2.05) is 0 Å². The van der Waals surface area contributed by atoms with E-state index in [-0.39, 0.29) is 17.8 Å². The van der Waals surface area contributed by atoms with Crippen LogP contribution in [0, 0.1) is 18.7 Å². The summed E-state index contributed by atoms with van der Waals surface area (Å²) in [7, 11) is 0. The summed E-state index contributed by atoms with van der Waals surface area (Å²) in [6, 6.07) is 4.51. The molecule has 4 heteroatoms. The number of hydrogen-bond acceptors (Lipinski definition) is 2. The molecule has 0 aliphatic carbocycles. The zero-order valence-corrected chi connectivity index (χ0v) is 11.5. The van der Waals surface area contributed by atoms with Gasteiger partial charge in [0.2, 0.25) is 5.91 Å². The third kappa shape index (κ3) is 3.53. The first kappa shape index (κ1) is 14.0. The SMILES string of the molecule is CCC1CCNC(C(=O)Nc2ccc(F)c(C)c2)C1. The minimum atomic E-state index is -0.250. The van der Waals surface area contributed by atoms with Crippen LogP contribution in [0.15, 0.2) is 18.2 Å². The quantitative estimate of drug-likeness (QED) is 0.881. The summed E-state index contributed by atoms with van der Waals surface area (Å²) in [6.45, 7) is 4.74. The van der Waals surface area contributed by atoms with Crippen molar-refractivity contribution in [3.8, 4) is 0 Å². The van der Waals surface area contributed by atoms with E-state index in [0.29, 0.717) is 17.2 Å². The van der Waals surface area contributed by atoms with E-state index in [1.165, 1.54) is 6.07 Å². The highest BCUT2D eigenvalue weighted by Crippen LogP contribution is 2.21. The Morgan fingerprint density at radius 2 is 2.32 bits per heavy atom. The maximum atomic E-state index is 13.2. The van der Waals surface area contributed by atoms with Gasteiger partial charge in [0.05, 0.1) is 6.04 Å². The van der Waals surface area contributed by atoms with Gasteiger partial charge in [-0.05, 0) is 56.0 Å². The van der Waals surface area contributed by atoms with Crippen LogP contribution in [0.25, 0.3) is 0 Å². The molecule has 0 radical (unpaired) electrons. The van der Waals surface area contributed by atoms with E-state index in [1.54, 1.807) is 19.1 Å². The first-order valence-electron chi connectivity index (χ1n) is 6.90. The highest BCUT2D eigenvalue weighted by Gasteiger charge is 2.25. The van der Waals surface area contributed by atoms with Crippen molar-refractivity contribution in [1.82, 2.24) is 5.32 Å². The van der Waals surface area contributed by atoms with Gasteiger partial charge in [-0.3, -0.25) is 4.79 Å². The van der Waals surface area contributed by atoms with E-state index in [2.05, 4.69) is 17.6 Å². The van der Waals surface area contributed by atoms with Gasteiger partial charge in [0, 0.05) is 5.69 Å². The number of aryl methyl sites for hydroxylation is 1. The predicted octanol–water partition coefficient (Wildman–Crippen LogP) is 2.85. The van der Waals surface area contributed by atoms with Crippen LogP contribution in [-0.2, 0) is 4.79 Å². The van der Waals surface area contributed by atoms with Gasteiger partial charge in [-0.25, -0.2) is 4.39 Å². The van der Waals surface area contributed by atoms with Gasteiger partial charge in [-0.2, -0.15) is 0 Å². The molecule has 104 valence electrons. The van der Waals surface area contributed by atoms with E-state index >= 15 is 0 Å². The van der Waals surface area contributed by atoms with Crippen LogP contribution in [0.3, 0.4) is 0 Å². The van der Waals surface area contributed by atoms with Gasteiger partial charge in [-0.1, -0.05) is 13.3 Å². The molecule has 1 heterocycles. The Labute approximate surface area is 113 Å². The Bertz CT molecular complexity index is 461. The fourth-order valence-corrected chi connectivity index (χ4v) is 2.52. The van der Waals surface area contributed by atoms with E-state index in [0.717, 1.165) is 25.8 Å². The molecule has 1 aromatic rings. The zero-order chi connectivity index (χ0) is 13.8. The third-order valence-corrected chi connectivity index (χ3v) is 3.83. The second-order valence-electron chi connectivity index (χ2n) is 5.26. The molecule has 3 nitrogen and oxygen atoms in total. The molecule has 1 aliphatic heterocycles. The largest absolute Gasteiger partial charge is 0.325 e. The summed E-state index contributed by atoms with van der Waals surface area (Å²) < 4.78 is 13.2. The molecule has 1 fully saturated rings. The molecule has 1 aromatic carbocycles. The van der Waals surface area contributed by atoms with Crippen molar-refractivity contribution in [1.29, 1.82) is 0 Å². The lowest BCUT2D eigenvalue weighted by Crippen LogP contribution is -2.46. The average Bonchev–Trinajstić information content (AvgIpc) is 2.43. The van der Waals surface area contributed by atoms with Crippen LogP contribution in [-0.4, -0.2) is 18.5 Å². The Morgan fingerprint density at radius 3 is 3.00 bits per heavy atom. The Kier molecular flexibility index (Phi) is 4.53. The number of rotatable bonds is 3. The lowest BCUT2D eigenvalue weighted by atomic mass is 9.90. The maximum Gasteiger partial charge on any atom is 0.241 e. The molecule has 2 rings (SSSR count). The van der Waals surface area contributed by atoms with Gasteiger partial charge >= 0.3 is 0 Å². The predicted molar refractivity (Wildman–Crippen MR) is 74.6 cm³/mol. The summed E-state index contributed by atoms with van der Waals surface area (Å²) >= 11 is 0. The number of halogens is 1. The fraction of sp³-hybridized carbons (Fsp3) is 0.533. The minimum Gasteiger partial charge on any atom is -0.325 e. The van der Waals surface area contributed by atoms with E-state index in [4.69, 9.17) is 0 Å². The summed E-state index contributed by atoms with van der Waals surface area (Å²) in [4.78, 5) is 12.2. The van der Waals surface area contributed by atoms with Gasteiger partial charge in [0.1, 0.15) is 5.82 Å². The van der Waals surface area contributed by atoms with Crippen LogP contribution in [0.1, 0.15) is 31.7 Å². The van der Waals surface area contributed by atoms with Crippen LogP contribution in [0.2, 0.25) is 0 Å². The molecular weight excluding hydrogens is 243 g/mol. The smallest absolute Gasteiger partial charge is 0.241 e. The van der Waals surface area contributed by atoms with Crippen molar-refractivity contribution in [2.45, 2.75) is 39.2 Å². The Hall–Kier alpha value is -1.42. The third-order valence-electron chi connectivity index (χ3n) is 3.83. The van der Waals surface area contributed by atoms with Crippen LogP contribution < -0.4 is 10.6 Å². The molecule has 2 atom stereocenters. The van der Waals surface area contributed by atoms with Crippen LogP contribution in [0.5, 0.6) is 0 Å². The monoisotopic (exact) mass is 264 g/mol. The molecule has 1 amide bonds. The number of hydrogen-bond donors (Lipinski definition) is 2. The number of benzene rings is 1. The second kappa shape index (κ2) is 6.15. The van der Waals surface area contributed by atoms with Gasteiger partial charge < -0.3 is 10.6 Å². The van der Waals surface area contributed by atoms with Crippen molar-refractivity contribution in [2.75, 3.05) is 11.9 Å². The van der Waals surface area contributed by atoms with Crippen LogP contribution in [0.4, 0.5) is 10.1 Å². The summed E-state index contributed by atoms with van der Waals surface area (Å²) in [5.41, 5.74) is 1.20. The van der Waals surface area contributed by atoms with Gasteiger partial charge in [0.15, 0.2) is 0 Å². The molecular formula is C15H21FN2O. The first-order valence-corrected chi connectivity index (χ1v) is 6.90. The topological polar surface area (TPSA) is 41.1 Å². The highest BCUT2D eigenvalue weighted by atomic mass is 19.1. The maximum absolute atomic E-state index is 13.2. The van der Waals surface area contributed by atoms with E-state index in [9.17, 15) is 9.18 Å². The minimum absolute atomic E-state index is 0.0239. The number of piperidine rings is 1. The Balaban J connectivity index is 1.98. The number of nitrogens with one attached hydrogen (secondary N) is 2. The van der Waals surface area contributed by atoms with Crippen LogP contribution >= 0.6 is 0 Å². The molecule has 0 saturated carbocycles. The second-order valence-corrected chi connectivity index (χ2v) is 5.26. The highest BCUT2D eigenvalue weighted by molar-refractivity contribution is 5.94. The summed E-state index contributed by atoms with van der Waals surface area (Å²) in [5.74, 6) is 0.343. The molecule has 1 saturated heterocycles. The normalized spacial score (nSPS) is 23.1. The summed E-state index contributed by atoms with van der Waals surface area (Å²) in [5, 5.41) is 6.10. The molecule has 19 heavy (non-hydrogen) atoms. The van der Waals surface area contributed by atoms with Crippen molar-refractivity contribution in [3.63, 3.8) is 0 Å². The number of carbonyl (C=O) groups excluding carboxylic acids is 1. The van der Waals surface area contributed by atoms with Gasteiger partial charge in [-0.15, -0.1) is 0 Å². The molecule has 2 unspecified atom stereocenters. The zero-order valence-electron chi connectivity index (χ0n) is 11.5. The number of amides is 1. The standard InChI is InChI=1S/C15H21FN2O/c1-3-11-6-7-17-14(9-11)15(19)18-12-4-5-13(16)10(2)8-12/h4-5,8,11,14,17H,3,6-7,9H2,1-2H3,(H,18,19). The molecule has 0 spiro atoms. The number of carbonyl (C=O) groups is 1. The molecule has 2 N–H and O–H groups in total. The molecule has 0 aromatic heterocycles. The summed E-state index contributed by atoms with van der Waals surface area (Å²) in [6.07, 6.45) is 3.12. The lowest BCUT2D eigenvalue weighted by Gasteiger charge is -2.28. The lowest BCUT2D eigenvalue weighted by molar-refractivity contribution is -0.119. The van der Waals surface area contributed by atoms with Gasteiger partial charge in [0.25, 0.3) is 0 Å². The average molecular weight is 264 g/mol. The van der Waals surface area contributed by atoms with Crippen molar-refractivity contribution < 1.29 is 9.18 Å². The fourth-order valence-electron chi connectivity index (χ4n) is 2.52.